The van der Waals surface area contributed by atoms with Crippen LogP contribution in [0.5, 0.6) is 0 Å². The van der Waals surface area contributed by atoms with Crippen LogP contribution in [0.4, 0.5) is 4.79 Å². The van der Waals surface area contributed by atoms with E-state index in [1.165, 1.54) is 19.0 Å². The van der Waals surface area contributed by atoms with Crippen LogP contribution < -0.4 is 0 Å². The van der Waals surface area contributed by atoms with Gasteiger partial charge in [0.2, 0.25) is 5.91 Å². The van der Waals surface area contributed by atoms with Crippen molar-refractivity contribution in [3.8, 4) is 0 Å². The Morgan fingerprint density at radius 1 is 1.39 bits per heavy atom. The van der Waals surface area contributed by atoms with Crippen molar-refractivity contribution in [2.75, 3.05) is 26.9 Å². The molecule has 0 radical (unpaired) electrons. The van der Waals surface area contributed by atoms with Gasteiger partial charge in [-0.05, 0) is 0 Å². The third-order valence-electron chi connectivity index (χ3n) is 2.55. The first kappa shape index (κ1) is 14.7. The fraction of sp³-hybridized carbons (Fsp3) is 0.778. The predicted molar refractivity (Wildman–Crippen MR) is 61.5 cm³/mol. The Morgan fingerprint density at radius 2 is 1.94 bits per heavy atom. The topological polar surface area (TPSA) is 104 Å². The Morgan fingerprint density at radius 3 is 2.33 bits per heavy atom. The molecule has 8 nitrogen and oxygen atoms in total. The number of nitrogens with zero attached hydrogens (tertiary/aromatic N) is 2. The van der Waals surface area contributed by atoms with Gasteiger partial charge in [-0.15, -0.1) is 0 Å². The van der Waals surface area contributed by atoms with E-state index in [1.54, 1.807) is 0 Å². The molecule has 1 fully saturated rings. The van der Waals surface area contributed by atoms with E-state index in [2.05, 4.69) is 0 Å². The molecule has 0 aromatic heterocycles. The fourth-order valence-electron chi connectivity index (χ4n) is 1.86. The molecule has 2 amide bonds. The van der Waals surface area contributed by atoms with Crippen molar-refractivity contribution in [2.45, 2.75) is 18.6 Å². The highest BCUT2D eigenvalue weighted by Gasteiger charge is 2.42. The molecular formula is C9H16N2O6S. The molecule has 0 aromatic rings. The summed E-state index contributed by atoms with van der Waals surface area (Å²) in [5.41, 5.74) is 0. The lowest BCUT2D eigenvalue weighted by molar-refractivity contribution is -0.132. The van der Waals surface area contributed by atoms with Crippen molar-refractivity contribution in [1.82, 2.24) is 9.80 Å². The minimum Gasteiger partial charge on any atom is -0.465 e. The molecule has 1 saturated heterocycles. The number of carboxylic acid groups (broad SMARTS) is 1. The van der Waals surface area contributed by atoms with Gasteiger partial charge in [-0.1, -0.05) is 0 Å². The maximum atomic E-state index is 11.8. The van der Waals surface area contributed by atoms with Gasteiger partial charge in [0.15, 0.2) is 0 Å². The third-order valence-corrected chi connectivity index (χ3v) is 3.17. The molecule has 2 atom stereocenters. The van der Waals surface area contributed by atoms with Crippen LogP contribution in [0.2, 0.25) is 0 Å². The maximum Gasteiger partial charge on any atom is 0.408 e. The minimum atomic E-state index is -3.67. The number of carbonyl (C=O) groups excluding carboxylic acids is 1. The summed E-state index contributed by atoms with van der Waals surface area (Å²) in [6.45, 7) is -0.132. The lowest BCUT2D eigenvalue weighted by atomic mass is 10.2. The summed E-state index contributed by atoms with van der Waals surface area (Å²) in [4.78, 5) is 25.0. The zero-order valence-corrected chi connectivity index (χ0v) is 11.2. The van der Waals surface area contributed by atoms with E-state index < -0.39 is 34.3 Å². The summed E-state index contributed by atoms with van der Waals surface area (Å²) in [6.07, 6.45) is -1.16. The Hall–Kier alpha value is -1.35. The molecule has 0 saturated carbocycles. The van der Waals surface area contributed by atoms with Crippen LogP contribution in [0.1, 0.15) is 6.42 Å². The van der Waals surface area contributed by atoms with Crippen LogP contribution in [0.25, 0.3) is 0 Å². The summed E-state index contributed by atoms with van der Waals surface area (Å²) >= 11 is 0. The number of hydrogen-bond acceptors (Lipinski definition) is 5. The van der Waals surface area contributed by atoms with Gasteiger partial charge in [-0.25, -0.2) is 4.79 Å². The van der Waals surface area contributed by atoms with Gasteiger partial charge in [0, 0.05) is 20.5 Å². The zero-order valence-electron chi connectivity index (χ0n) is 10.4. The molecule has 0 aromatic carbocycles. The van der Waals surface area contributed by atoms with E-state index in [0.717, 1.165) is 11.2 Å². The van der Waals surface area contributed by atoms with Crippen molar-refractivity contribution in [1.29, 1.82) is 0 Å². The Balaban J connectivity index is 2.84. The molecule has 1 N–H and O–H groups in total. The highest BCUT2D eigenvalue weighted by molar-refractivity contribution is 7.86. The van der Waals surface area contributed by atoms with E-state index in [1.807, 2.05) is 0 Å². The highest BCUT2D eigenvalue weighted by atomic mass is 32.2. The second-order valence-electron chi connectivity index (χ2n) is 4.34. The van der Waals surface area contributed by atoms with Gasteiger partial charge in [0.05, 0.1) is 18.9 Å². The smallest absolute Gasteiger partial charge is 0.408 e. The van der Waals surface area contributed by atoms with Gasteiger partial charge >= 0.3 is 6.09 Å². The van der Waals surface area contributed by atoms with Crippen molar-refractivity contribution in [2.24, 2.45) is 0 Å². The lowest BCUT2D eigenvalue weighted by Gasteiger charge is -2.22. The first-order chi connectivity index (χ1) is 8.11. The van der Waals surface area contributed by atoms with E-state index in [0.29, 0.717) is 0 Å². The summed E-state index contributed by atoms with van der Waals surface area (Å²) in [5, 5.41) is 8.98. The summed E-state index contributed by atoms with van der Waals surface area (Å²) in [5.74, 6) is -0.392. The largest absolute Gasteiger partial charge is 0.465 e. The number of hydrogen-bond donors (Lipinski definition) is 1. The van der Waals surface area contributed by atoms with E-state index in [4.69, 9.17) is 9.29 Å². The molecular weight excluding hydrogens is 264 g/mol. The molecule has 9 heteroatoms. The number of rotatable bonds is 3. The third kappa shape index (κ3) is 3.57. The summed E-state index contributed by atoms with van der Waals surface area (Å²) in [7, 11) is -0.656. The standard InChI is InChI=1S/C9H16N2O6S/c1-10(2)8(12)7-4-6(17-18(3,15)16)5-11(7)9(13)14/h6-7H,4-5H2,1-3H3,(H,13,14)/t6-,7+/m1/s1. The second-order valence-corrected chi connectivity index (χ2v) is 5.94. The van der Waals surface area contributed by atoms with E-state index >= 15 is 0 Å². The molecule has 0 spiro atoms. The highest BCUT2D eigenvalue weighted by Crippen LogP contribution is 2.22. The van der Waals surface area contributed by atoms with Gasteiger partial charge in [0.25, 0.3) is 10.1 Å². The van der Waals surface area contributed by atoms with Crippen molar-refractivity contribution in [3.63, 3.8) is 0 Å². The van der Waals surface area contributed by atoms with Crippen LogP contribution in [0, 0.1) is 0 Å². The average Bonchev–Trinajstić information content (AvgIpc) is 2.57. The summed E-state index contributed by atoms with van der Waals surface area (Å²) < 4.78 is 26.7. The van der Waals surface area contributed by atoms with Crippen molar-refractivity contribution < 1.29 is 27.3 Å². The normalized spacial score (nSPS) is 24.1. The van der Waals surface area contributed by atoms with Gasteiger partial charge in [0.1, 0.15) is 6.04 Å². The fourth-order valence-corrected chi connectivity index (χ4v) is 2.49. The average molecular weight is 280 g/mol. The Bertz CT molecular complexity index is 446. The predicted octanol–water partition coefficient (Wildman–Crippen LogP) is -0.828. The number of carbonyl (C=O) groups is 2. The van der Waals surface area contributed by atoms with Crippen LogP contribution in [-0.4, -0.2) is 74.4 Å². The summed E-state index contributed by atoms with van der Waals surface area (Å²) in [6, 6.07) is -0.899. The quantitative estimate of drug-likeness (QED) is 0.677. The molecule has 0 bridgehead atoms. The lowest BCUT2D eigenvalue weighted by Crippen LogP contribution is -2.44. The molecule has 0 unspecified atom stereocenters. The molecule has 1 aliphatic rings. The molecule has 0 aliphatic carbocycles. The maximum absolute atomic E-state index is 11.8. The van der Waals surface area contributed by atoms with E-state index in [9.17, 15) is 18.0 Å². The van der Waals surface area contributed by atoms with Crippen molar-refractivity contribution in [3.05, 3.63) is 0 Å². The number of likely N-dealkylation sites (N-methyl/N-ethyl adjacent to an activating group) is 1. The van der Waals surface area contributed by atoms with Crippen LogP contribution in [0.15, 0.2) is 0 Å². The zero-order chi connectivity index (χ0) is 14.1. The monoisotopic (exact) mass is 280 g/mol. The Labute approximate surface area is 105 Å². The van der Waals surface area contributed by atoms with Gasteiger partial charge < -0.3 is 10.0 Å². The van der Waals surface area contributed by atoms with E-state index in [-0.39, 0.29) is 13.0 Å². The number of amides is 2. The minimum absolute atomic E-state index is 0.0381. The molecule has 1 heterocycles. The number of likely N-dealkylation sites (tertiary alicyclic amines) is 1. The second kappa shape index (κ2) is 5.11. The Kier molecular flexibility index (Phi) is 4.17. The first-order valence-corrected chi connectivity index (χ1v) is 7.02. The van der Waals surface area contributed by atoms with Crippen LogP contribution >= 0.6 is 0 Å². The molecule has 1 aliphatic heterocycles. The SMILES string of the molecule is CN(C)C(=O)[C@@H]1C[C@@H](OS(C)(=O)=O)CN1C(=O)O. The van der Waals surface area contributed by atoms with Crippen LogP contribution in [0.3, 0.4) is 0 Å². The first-order valence-electron chi connectivity index (χ1n) is 5.21. The van der Waals surface area contributed by atoms with Gasteiger partial charge in [-0.3, -0.25) is 13.9 Å². The molecule has 1 rings (SSSR count). The van der Waals surface area contributed by atoms with Gasteiger partial charge in [-0.2, -0.15) is 8.42 Å². The van der Waals surface area contributed by atoms with Crippen LogP contribution in [-0.2, 0) is 19.1 Å². The molecule has 104 valence electrons. The van der Waals surface area contributed by atoms with Crippen molar-refractivity contribution >= 4 is 22.1 Å². The molecule has 18 heavy (non-hydrogen) atoms.